The number of hydrogen-bond donors (Lipinski definition) is 0. The summed E-state index contributed by atoms with van der Waals surface area (Å²) < 4.78 is 25.6. The fraction of sp³-hybridized carbons (Fsp3) is 1.00. The van der Waals surface area contributed by atoms with Gasteiger partial charge >= 0.3 is 7.60 Å². The van der Waals surface area contributed by atoms with Crippen LogP contribution >= 0.6 is 7.60 Å². The van der Waals surface area contributed by atoms with Crippen LogP contribution in [0.2, 0.25) is 0 Å². The number of quaternary nitrogens is 2. The van der Waals surface area contributed by atoms with Crippen molar-refractivity contribution in [2.45, 2.75) is 27.7 Å². The second-order valence-electron chi connectivity index (χ2n) is 6.62. The normalized spacial score (nSPS) is 16.0. The van der Waals surface area contributed by atoms with E-state index in [9.17, 15) is 4.57 Å². The smallest absolute Gasteiger partial charge is 0.329 e. The molecular weight excluding hydrogens is 287 g/mol. The summed E-state index contributed by atoms with van der Waals surface area (Å²) in [4.78, 5) is 0. The number of likely N-dealkylation sites (N-methyl/N-ethyl adjacent to an activating group) is 2. The summed E-state index contributed by atoms with van der Waals surface area (Å²) in [6.07, 6.45) is 0.439. The van der Waals surface area contributed by atoms with E-state index in [1.165, 1.54) is 0 Å². The highest BCUT2D eigenvalue weighted by atomic mass is 31.2. The molecule has 0 saturated heterocycles. The third kappa shape index (κ3) is 8.32. The Bertz CT molecular complexity index is 317. The lowest BCUT2D eigenvalue weighted by molar-refractivity contribution is -0.923. The molecule has 0 aliphatic heterocycles. The van der Waals surface area contributed by atoms with Gasteiger partial charge in [-0.3, -0.25) is 4.57 Å². The zero-order valence-electron chi connectivity index (χ0n) is 15.2. The molecule has 21 heavy (non-hydrogen) atoms. The highest BCUT2D eigenvalue weighted by Crippen LogP contribution is 2.47. The first kappa shape index (κ1) is 21.1. The minimum absolute atomic E-state index is 0.439. The molecule has 0 amide bonds. The number of hydrogen-bond acceptors (Lipinski definition) is 3. The zero-order chi connectivity index (χ0) is 16.6. The van der Waals surface area contributed by atoms with Gasteiger partial charge < -0.3 is 18.0 Å². The molecule has 0 aromatic rings. The molecule has 128 valence electrons. The standard InChI is InChI=1S/C15H37N2O3P/c1-8-17(9-2,10-3)13-15-20-21(18,11-4)19-14-12-16(5,6)7/h8-15H2,1-7H3/q+2. The van der Waals surface area contributed by atoms with Crippen molar-refractivity contribution in [3.05, 3.63) is 0 Å². The molecule has 0 bridgehead atoms. The highest BCUT2D eigenvalue weighted by molar-refractivity contribution is 7.53. The SMILES string of the molecule is CC[N+](CC)(CC)CCOP(=O)(CC)OCC[N+](C)(C)C. The predicted molar refractivity (Wildman–Crippen MR) is 89.7 cm³/mol. The minimum Gasteiger partial charge on any atom is -0.329 e. The lowest BCUT2D eigenvalue weighted by Crippen LogP contribution is -2.49. The Hall–Kier alpha value is 0.0700. The molecule has 0 aromatic carbocycles. The Labute approximate surface area is 131 Å². The Balaban J connectivity index is 4.33. The molecule has 1 unspecified atom stereocenters. The van der Waals surface area contributed by atoms with Gasteiger partial charge in [-0.25, -0.2) is 0 Å². The lowest BCUT2D eigenvalue weighted by Gasteiger charge is -2.36. The molecule has 1 atom stereocenters. The quantitative estimate of drug-likeness (QED) is 0.409. The van der Waals surface area contributed by atoms with Crippen molar-refractivity contribution in [1.29, 1.82) is 0 Å². The van der Waals surface area contributed by atoms with Gasteiger partial charge in [0.1, 0.15) is 26.3 Å². The van der Waals surface area contributed by atoms with Crippen LogP contribution in [0.5, 0.6) is 0 Å². The van der Waals surface area contributed by atoms with Crippen LogP contribution in [0.4, 0.5) is 0 Å². The van der Waals surface area contributed by atoms with Gasteiger partial charge in [0.15, 0.2) is 0 Å². The summed E-state index contributed by atoms with van der Waals surface area (Å²) in [7, 11) is 3.36. The molecule has 0 aliphatic rings. The lowest BCUT2D eigenvalue weighted by atomic mass is 10.3. The first-order valence-corrected chi connectivity index (χ1v) is 9.92. The third-order valence-corrected chi connectivity index (χ3v) is 6.23. The molecule has 0 N–H and O–H groups in total. The van der Waals surface area contributed by atoms with Crippen molar-refractivity contribution in [2.75, 3.05) is 73.2 Å². The van der Waals surface area contributed by atoms with E-state index in [4.69, 9.17) is 9.05 Å². The zero-order valence-corrected chi connectivity index (χ0v) is 16.1. The maximum Gasteiger partial charge on any atom is 0.330 e. The molecule has 0 rings (SSSR count). The van der Waals surface area contributed by atoms with Crippen molar-refractivity contribution in [3.63, 3.8) is 0 Å². The van der Waals surface area contributed by atoms with Crippen LogP contribution in [0.3, 0.4) is 0 Å². The van der Waals surface area contributed by atoms with E-state index in [1.54, 1.807) is 0 Å². The summed E-state index contributed by atoms with van der Waals surface area (Å²) in [5.74, 6) is 0. The first-order valence-electron chi connectivity index (χ1n) is 8.19. The highest BCUT2D eigenvalue weighted by Gasteiger charge is 2.26. The van der Waals surface area contributed by atoms with Crippen LogP contribution in [0, 0.1) is 0 Å². The average molecular weight is 324 g/mol. The third-order valence-electron chi connectivity index (χ3n) is 4.30. The van der Waals surface area contributed by atoms with E-state index < -0.39 is 7.60 Å². The van der Waals surface area contributed by atoms with E-state index in [0.29, 0.717) is 19.4 Å². The molecule has 6 heteroatoms. The molecular formula is C15H37N2O3P+2. The molecule has 0 saturated carbocycles. The average Bonchev–Trinajstić information content (AvgIpc) is 2.43. The Morgan fingerprint density at radius 2 is 1.24 bits per heavy atom. The Kier molecular flexibility index (Phi) is 9.29. The van der Waals surface area contributed by atoms with Crippen LogP contribution in [-0.2, 0) is 13.6 Å². The van der Waals surface area contributed by atoms with E-state index in [-0.39, 0.29) is 0 Å². The van der Waals surface area contributed by atoms with Gasteiger partial charge in [0.05, 0.1) is 40.8 Å². The first-order chi connectivity index (χ1) is 9.66. The molecule has 0 radical (unpaired) electrons. The maximum atomic E-state index is 12.6. The second kappa shape index (κ2) is 9.26. The second-order valence-corrected chi connectivity index (χ2v) is 8.99. The van der Waals surface area contributed by atoms with Crippen LogP contribution in [0.25, 0.3) is 0 Å². The van der Waals surface area contributed by atoms with Gasteiger partial charge in [-0.2, -0.15) is 0 Å². The van der Waals surface area contributed by atoms with Crippen molar-refractivity contribution in [1.82, 2.24) is 0 Å². The molecule has 0 aliphatic carbocycles. The van der Waals surface area contributed by atoms with Crippen molar-refractivity contribution >= 4 is 7.60 Å². The monoisotopic (exact) mass is 324 g/mol. The fourth-order valence-electron chi connectivity index (χ4n) is 2.19. The van der Waals surface area contributed by atoms with E-state index >= 15 is 0 Å². The molecule has 0 spiro atoms. The largest absolute Gasteiger partial charge is 0.330 e. The van der Waals surface area contributed by atoms with E-state index in [2.05, 4.69) is 41.9 Å². The molecule has 0 aromatic heterocycles. The van der Waals surface area contributed by atoms with Crippen molar-refractivity contribution < 1.29 is 22.6 Å². The summed E-state index contributed by atoms with van der Waals surface area (Å²) in [5.41, 5.74) is 0. The van der Waals surface area contributed by atoms with Crippen molar-refractivity contribution in [3.8, 4) is 0 Å². The summed E-state index contributed by atoms with van der Waals surface area (Å²) in [6, 6.07) is 0. The Morgan fingerprint density at radius 3 is 1.57 bits per heavy atom. The Morgan fingerprint density at radius 1 is 0.810 bits per heavy atom. The van der Waals surface area contributed by atoms with Crippen LogP contribution in [-0.4, -0.2) is 82.2 Å². The van der Waals surface area contributed by atoms with Gasteiger partial charge in [0.25, 0.3) is 0 Å². The van der Waals surface area contributed by atoms with Crippen LogP contribution in [0.1, 0.15) is 27.7 Å². The van der Waals surface area contributed by atoms with Crippen molar-refractivity contribution in [2.24, 2.45) is 0 Å². The van der Waals surface area contributed by atoms with Crippen LogP contribution in [0.15, 0.2) is 0 Å². The predicted octanol–water partition coefficient (Wildman–Crippen LogP) is 2.82. The van der Waals surface area contributed by atoms with Gasteiger partial charge in [-0.05, 0) is 20.8 Å². The molecule has 0 heterocycles. The fourth-order valence-corrected chi connectivity index (χ4v) is 3.35. The topological polar surface area (TPSA) is 35.5 Å². The number of nitrogens with zero attached hydrogens (tertiary/aromatic N) is 2. The van der Waals surface area contributed by atoms with Gasteiger partial charge in [0.2, 0.25) is 0 Å². The summed E-state index contributed by atoms with van der Waals surface area (Å²) in [6.45, 7) is 14.4. The minimum atomic E-state index is -2.92. The number of rotatable bonds is 12. The van der Waals surface area contributed by atoms with Crippen LogP contribution < -0.4 is 0 Å². The maximum absolute atomic E-state index is 12.6. The van der Waals surface area contributed by atoms with Gasteiger partial charge in [-0.1, -0.05) is 6.92 Å². The van der Waals surface area contributed by atoms with Gasteiger partial charge in [-0.15, -0.1) is 0 Å². The van der Waals surface area contributed by atoms with E-state index in [1.807, 2.05) is 6.92 Å². The van der Waals surface area contributed by atoms with Gasteiger partial charge in [0, 0.05) is 6.16 Å². The van der Waals surface area contributed by atoms with E-state index in [0.717, 1.165) is 41.7 Å². The summed E-state index contributed by atoms with van der Waals surface area (Å²) in [5, 5.41) is 0. The summed E-state index contributed by atoms with van der Waals surface area (Å²) >= 11 is 0. The molecule has 0 fully saturated rings. The molecule has 5 nitrogen and oxygen atoms in total.